The van der Waals surface area contributed by atoms with Crippen LogP contribution in [0.5, 0.6) is 11.5 Å². The van der Waals surface area contributed by atoms with Crippen molar-refractivity contribution in [1.29, 1.82) is 0 Å². The second-order valence-corrected chi connectivity index (χ2v) is 3.94. The molecule has 0 fully saturated rings. The number of nitrogens with zero attached hydrogens (tertiary/aromatic N) is 1. The van der Waals surface area contributed by atoms with Gasteiger partial charge in [0, 0.05) is 12.3 Å². The van der Waals surface area contributed by atoms with E-state index in [1.807, 2.05) is 0 Å². The fraction of sp³-hybridized carbons (Fsp3) is 0. The van der Waals surface area contributed by atoms with E-state index in [2.05, 4.69) is 20.9 Å². The van der Waals surface area contributed by atoms with E-state index in [0.717, 1.165) is 0 Å². The van der Waals surface area contributed by atoms with Crippen LogP contribution in [-0.4, -0.2) is 4.98 Å². The number of nitrogens with two attached hydrogens (primary N) is 1. The van der Waals surface area contributed by atoms with Crippen LogP contribution in [0.3, 0.4) is 0 Å². The molecule has 0 spiro atoms. The van der Waals surface area contributed by atoms with Crippen molar-refractivity contribution in [3.05, 3.63) is 46.9 Å². The number of benzene rings is 1. The van der Waals surface area contributed by atoms with Crippen LogP contribution in [0.1, 0.15) is 0 Å². The molecule has 0 radical (unpaired) electrons. The quantitative estimate of drug-likeness (QED) is 0.919. The van der Waals surface area contributed by atoms with Crippen molar-refractivity contribution in [2.75, 3.05) is 5.73 Å². The first kappa shape index (κ1) is 10.9. The van der Waals surface area contributed by atoms with Gasteiger partial charge in [0.2, 0.25) is 0 Å². The van der Waals surface area contributed by atoms with Crippen LogP contribution in [0, 0.1) is 5.82 Å². The molecule has 3 nitrogen and oxygen atoms in total. The highest BCUT2D eigenvalue weighted by atomic mass is 79.9. The summed E-state index contributed by atoms with van der Waals surface area (Å²) in [6.07, 6.45) is 3.07. The zero-order valence-electron chi connectivity index (χ0n) is 8.15. The first-order valence-corrected chi connectivity index (χ1v) is 5.28. The Kier molecular flexibility index (Phi) is 3.05. The molecule has 0 saturated heterocycles. The van der Waals surface area contributed by atoms with Crippen LogP contribution >= 0.6 is 15.9 Å². The summed E-state index contributed by atoms with van der Waals surface area (Å²) < 4.78 is 18.9. The topological polar surface area (TPSA) is 48.1 Å². The fourth-order valence-electron chi connectivity index (χ4n) is 1.16. The lowest BCUT2D eigenvalue weighted by Crippen LogP contribution is -1.93. The van der Waals surface area contributed by atoms with Gasteiger partial charge < -0.3 is 10.5 Å². The summed E-state index contributed by atoms with van der Waals surface area (Å²) in [5.41, 5.74) is 6.10. The molecule has 2 N–H and O–H groups in total. The molecule has 1 aromatic carbocycles. The summed E-state index contributed by atoms with van der Waals surface area (Å²) in [7, 11) is 0. The summed E-state index contributed by atoms with van der Waals surface area (Å²) in [6, 6.07) is 5.81. The van der Waals surface area contributed by atoms with E-state index in [1.54, 1.807) is 12.3 Å². The Morgan fingerprint density at radius 2 is 2.06 bits per heavy atom. The van der Waals surface area contributed by atoms with E-state index in [0.29, 0.717) is 21.7 Å². The van der Waals surface area contributed by atoms with Gasteiger partial charge in [0.25, 0.3) is 0 Å². The van der Waals surface area contributed by atoms with Crippen molar-refractivity contribution >= 4 is 21.6 Å². The van der Waals surface area contributed by atoms with Crippen LogP contribution in [0.4, 0.5) is 10.1 Å². The van der Waals surface area contributed by atoms with Crippen LogP contribution in [0.25, 0.3) is 0 Å². The van der Waals surface area contributed by atoms with Gasteiger partial charge in [-0.2, -0.15) is 0 Å². The lowest BCUT2D eigenvalue weighted by Gasteiger charge is -2.09. The van der Waals surface area contributed by atoms with Crippen molar-refractivity contribution in [2.24, 2.45) is 0 Å². The van der Waals surface area contributed by atoms with Gasteiger partial charge in [-0.15, -0.1) is 0 Å². The molecule has 0 aliphatic carbocycles. The molecule has 0 aliphatic heterocycles. The maximum absolute atomic E-state index is 12.8. The second-order valence-electron chi connectivity index (χ2n) is 3.09. The summed E-state index contributed by atoms with van der Waals surface area (Å²) >= 11 is 3.21. The number of hydrogen-bond acceptors (Lipinski definition) is 3. The van der Waals surface area contributed by atoms with Crippen LogP contribution in [0.15, 0.2) is 41.1 Å². The monoisotopic (exact) mass is 282 g/mol. The van der Waals surface area contributed by atoms with Gasteiger partial charge in [0.1, 0.15) is 11.6 Å². The molecule has 2 aromatic rings. The van der Waals surface area contributed by atoms with Gasteiger partial charge in [0.15, 0.2) is 5.75 Å². The minimum absolute atomic E-state index is 0.332. The van der Waals surface area contributed by atoms with Gasteiger partial charge in [-0.1, -0.05) is 0 Å². The number of pyridine rings is 1. The Hall–Kier alpha value is -1.62. The molecule has 1 heterocycles. The highest BCUT2D eigenvalue weighted by Gasteiger charge is 2.06. The van der Waals surface area contributed by atoms with E-state index >= 15 is 0 Å². The standard InChI is InChI=1S/C11H8BrFN2O/c12-8-5-7(13)1-2-10(8)16-11-3-4-15-6-9(11)14/h1-6H,14H2. The molecule has 0 atom stereocenters. The molecular weight excluding hydrogens is 275 g/mol. The molecule has 5 heteroatoms. The predicted octanol–water partition coefficient (Wildman–Crippen LogP) is 3.36. The van der Waals surface area contributed by atoms with E-state index < -0.39 is 0 Å². The van der Waals surface area contributed by atoms with E-state index in [-0.39, 0.29) is 5.82 Å². The molecule has 0 saturated carbocycles. The minimum atomic E-state index is -0.332. The number of aromatic nitrogens is 1. The lowest BCUT2D eigenvalue weighted by molar-refractivity contribution is 0.479. The Bertz CT molecular complexity index is 519. The Labute approximate surface area is 100 Å². The van der Waals surface area contributed by atoms with Gasteiger partial charge in [-0.3, -0.25) is 4.98 Å². The van der Waals surface area contributed by atoms with E-state index in [1.165, 1.54) is 24.4 Å². The van der Waals surface area contributed by atoms with Crippen LogP contribution in [0.2, 0.25) is 0 Å². The zero-order chi connectivity index (χ0) is 11.5. The minimum Gasteiger partial charge on any atom is -0.454 e. The van der Waals surface area contributed by atoms with Gasteiger partial charge in [-0.25, -0.2) is 4.39 Å². The zero-order valence-corrected chi connectivity index (χ0v) is 9.74. The highest BCUT2D eigenvalue weighted by molar-refractivity contribution is 9.10. The van der Waals surface area contributed by atoms with Crippen molar-refractivity contribution in [3.8, 4) is 11.5 Å². The first-order chi connectivity index (χ1) is 7.66. The Morgan fingerprint density at radius 1 is 1.25 bits per heavy atom. The normalized spacial score (nSPS) is 10.1. The van der Waals surface area contributed by atoms with Crippen molar-refractivity contribution in [2.45, 2.75) is 0 Å². The number of ether oxygens (including phenoxy) is 1. The van der Waals surface area contributed by atoms with Crippen molar-refractivity contribution in [3.63, 3.8) is 0 Å². The first-order valence-electron chi connectivity index (χ1n) is 4.49. The van der Waals surface area contributed by atoms with Crippen molar-refractivity contribution in [1.82, 2.24) is 4.98 Å². The lowest BCUT2D eigenvalue weighted by atomic mass is 10.3. The van der Waals surface area contributed by atoms with Gasteiger partial charge >= 0.3 is 0 Å². The molecule has 2 rings (SSSR count). The molecule has 1 aromatic heterocycles. The van der Waals surface area contributed by atoms with Crippen LogP contribution in [-0.2, 0) is 0 Å². The maximum Gasteiger partial charge on any atom is 0.153 e. The maximum atomic E-state index is 12.8. The predicted molar refractivity (Wildman–Crippen MR) is 62.8 cm³/mol. The molecule has 0 aliphatic rings. The number of rotatable bonds is 2. The average molecular weight is 283 g/mol. The average Bonchev–Trinajstić information content (AvgIpc) is 2.25. The molecule has 0 amide bonds. The highest BCUT2D eigenvalue weighted by Crippen LogP contribution is 2.32. The Balaban J connectivity index is 2.31. The summed E-state index contributed by atoms with van der Waals surface area (Å²) in [5.74, 6) is 0.656. The van der Waals surface area contributed by atoms with Gasteiger partial charge in [-0.05, 0) is 34.1 Å². The van der Waals surface area contributed by atoms with Crippen LogP contribution < -0.4 is 10.5 Å². The molecule has 16 heavy (non-hydrogen) atoms. The smallest absolute Gasteiger partial charge is 0.153 e. The van der Waals surface area contributed by atoms with Gasteiger partial charge in [0.05, 0.1) is 16.4 Å². The second kappa shape index (κ2) is 4.49. The fourth-order valence-corrected chi connectivity index (χ4v) is 1.60. The summed E-state index contributed by atoms with van der Waals surface area (Å²) in [4.78, 5) is 3.85. The number of nitrogen functional groups attached to an aromatic ring is 1. The van der Waals surface area contributed by atoms with E-state index in [9.17, 15) is 4.39 Å². The third kappa shape index (κ3) is 2.30. The van der Waals surface area contributed by atoms with E-state index in [4.69, 9.17) is 10.5 Å². The third-order valence-corrected chi connectivity index (χ3v) is 2.54. The SMILES string of the molecule is Nc1cnccc1Oc1ccc(F)cc1Br. The van der Waals surface area contributed by atoms with Crippen molar-refractivity contribution < 1.29 is 9.13 Å². The summed E-state index contributed by atoms with van der Waals surface area (Å²) in [5, 5.41) is 0. The number of hydrogen-bond donors (Lipinski definition) is 1. The third-order valence-electron chi connectivity index (χ3n) is 1.92. The molecular formula is C11H8BrFN2O. The molecule has 0 bridgehead atoms. The summed E-state index contributed by atoms with van der Waals surface area (Å²) in [6.45, 7) is 0. The Morgan fingerprint density at radius 3 is 2.75 bits per heavy atom. The molecule has 82 valence electrons. The number of anilines is 1. The largest absolute Gasteiger partial charge is 0.454 e. The molecule has 0 unspecified atom stereocenters. The number of halogens is 2.